The summed E-state index contributed by atoms with van der Waals surface area (Å²) >= 11 is 9.54. The van der Waals surface area contributed by atoms with E-state index in [2.05, 4.69) is 20.8 Å². The number of hydrogen-bond acceptors (Lipinski definition) is 4. The van der Waals surface area contributed by atoms with Crippen molar-refractivity contribution in [1.29, 1.82) is 0 Å². The van der Waals surface area contributed by atoms with Crippen LogP contribution in [0.1, 0.15) is 27.6 Å². The van der Waals surface area contributed by atoms with E-state index < -0.39 is 0 Å². The van der Waals surface area contributed by atoms with Crippen molar-refractivity contribution in [2.24, 2.45) is 0 Å². The van der Waals surface area contributed by atoms with Gasteiger partial charge in [-0.05, 0) is 59.7 Å². The maximum Gasteiger partial charge on any atom is 0.253 e. The first-order valence-electron chi connectivity index (χ1n) is 11.3. The molecule has 0 aromatic heterocycles. The van der Waals surface area contributed by atoms with Crippen LogP contribution in [-0.2, 0) is 11.3 Å². The molecule has 3 aromatic carbocycles. The molecule has 0 spiro atoms. The zero-order valence-electron chi connectivity index (χ0n) is 19.1. The third kappa shape index (κ3) is 6.60. The normalized spacial score (nSPS) is 15.2. The maximum atomic E-state index is 12.8. The molecule has 34 heavy (non-hydrogen) atoms. The molecule has 1 heterocycles. The van der Waals surface area contributed by atoms with Gasteiger partial charge in [0.2, 0.25) is 0 Å². The van der Waals surface area contributed by atoms with E-state index >= 15 is 0 Å². The molecule has 1 aliphatic rings. The second-order valence-electron chi connectivity index (χ2n) is 8.30. The third-order valence-electron chi connectivity index (χ3n) is 6.00. The van der Waals surface area contributed by atoms with Gasteiger partial charge >= 0.3 is 0 Å². The third-order valence-corrected chi connectivity index (χ3v) is 6.78. The highest BCUT2D eigenvalue weighted by atomic mass is 79.9. The van der Waals surface area contributed by atoms with Crippen LogP contribution in [0.3, 0.4) is 0 Å². The van der Waals surface area contributed by atoms with Crippen molar-refractivity contribution >= 4 is 33.4 Å². The summed E-state index contributed by atoms with van der Waals surface area (Å²) in [6.07, 6.45) is -0.114. The van der Waals surface area contributed by atoms with Crippen LogP contribution < -0.4 is 4.74 Å². The van der Waals surface area contributed by atoms with E-state index in [-0.39, 0.29) is 12.0 Å². The van der Waals surface area contributed by atoms with Crippen LogP contribution in [0.15, 0.2) is 77.3 Å². The average molecular weight is 544 g/mol. The first-order valence-corrected chi connectivity index (χ1v) is 12.5. The minimum Gasteiger partial charge on any atom is -0.497 e. The van der Waals surface area contributed by atoms with Crippen LogP contribution in [0.5, 0.6) is 5.75 Å². The molecule has 0 bridgehead atoms. The summed E-state index contributed by atoms with van der Waals surface area (Å²) in [5.74, 6) is 0.895. The molecule has 0 N–H and O–H groups in total. The number of methoxy groups -OCH3 is 1. The molecular formula is C27H28BrClN2O3. The van der Waals surface area contributed by atoms with Crippen molar-refractivity contribution < 1.29 is 14.3 Å². The van der Waals surface area contributed by atoms with E-state index in [9.17, 15) is 4.79 Å². The summed E-state index contributed by atoms with van der Waals surface area (Å²) in [6.45, 7) is 4.21. The standard InChI is InChI=1S/C27H28BrClN2O3/c1-33-25-4-2-3-20(17-25)19-34-26(21-7-11-24(29)12-8-21)18-30-13-15-31(16-14-30)27(32)22-5-9-23(28)10-6-22/h2-12,17,26H,13-16,18-19H2,1H3. The van der Waals surface area contributed by atoms with Crippen LogP contribution >= 0.6 is 27.5 Å². The monoisotopic (exact) mass is 542 g/mol. The SMILES string of the molecule is COc1cccc(COC(CN2CCN(C(=O)c3ccc(Br)cc3)CC2)c2ccc(Cl)cc2)c1. The number of benzene rings is 3. The van der Waals surface area contributed by atoms with Crippen LogP contribution in [0.4, 0.5) is 0 Å². The predicted molar refractivity (Wildman–Crippen MR) is 138 cm³/mol. The van der Waals surface area contributed by atoms with Gasteiger partial charge in [-0.25, -0.2) is 0 Å². The number of amides is 1. The second-order valence-corrected chi connectivity index (χ2v) is 9.65. The first kappa shape index (κ1) is 24.7. The molecule has 0 aliphatic carbocycles. The Balaban J connectivity index is 1.38. The Hall–Kier alpha value is -2.38. The number of carbonyl (C=O) groups is 1. The molecule has 1 fully saturated rings. The fraction of sp³-hybridized carbons (Fsp3) is 0.296. The zero-order chi connectivity index (χ0) is 23.9. The van der Waals surface area contributed by atoms with Gasteiger partial charge in [0.15, 0.2) is 0 Å². The Labute approximate surface area is 214 Å². The summed E-state index contributed by atoms with van der Waals surface area (Å²) in [7, 11) is 1.66. The van der Waals surface area contributed by atoms with Crippen molar-refractivity contribution in [2.45, 2.75) is 12.7 Å². The molecule has 4 rings (SSSR count). The van der Waals surface area contributed by atoms with Gasteiger partial charge in [0, 0.05) is 47.8 Å². The Kier molecular flexibility index (Phi) is 8.62. The van der Waals surface area contributed by atoms with E-state index in [1.54, 1.807) is 7.11 Å². The van der Waals surface area contributed by atoms with Crippen LogP contribution in [-0.4, -0.2) is 55.5 Å². The lowest BCUT2D eigenvalue weighted by Gasteiger charge is -2.36. The molecule has 5 nitrogen and oxygen atoms in total. The van der Waals surface area contributed by atoms with E-state index in [1.165, 1.54) is 0 Å². The maximum absolute atomic E-state index is 12.8. The minimum atomic E-state index is -0.114. The number of halogens is 2. The summed E-state index contributed by atoms with van der Waals surface area (Å²) in [4.78, 5) is 17.1. The molecule has 7 heteroatoms. The molecular weight excluding hydrogens is 516 g/mol. The quantitative estimate of drug-likeness (QED) is 0.359. The summed E-state index contributed by atoms with van der Waals surface area (Å²) in [5, 5.41) is 0.704. The Morgan fingerprint density at radius 2 is 1.71 bits per heavy atom. The number of nitrogens with zero attached hydrogens (tertiary/aromatic N) is 2. The lowest BCUT2D eigenvalue weighted by Crippen LogP contribution is -2.49. The van der Waals surface area contributed by atoms with Gasteiger partial charge in [-0.3, -0.25) is 9.69 Å². The number of ether oxygens (including phenoxy) is 2. The predicted octanol–water partition coefficient (Wildman–Crippen LogP) is 5.83. The van der Waals surface area contributed by atoms with Gasteiger partial charge in [-0.1, -0.05) is 51.8 Å². The van der Waals surface area contributed by atoms with Gasteiger partial charge in [-0.2, -0.15) is 0 Å². The van der Waals surface area contributed by atoms with E-state index in [0.717, 1.165) is 46.5 Å². The van der Waals surface area contributed by atoms with E-state index in [4.69, 9.17) is 21.1 Å². The molecule has 1 atom stereocenters. The van der Waals surface area contributed by atoms with Crippen LogP contribution in [0, 0.1) is 0 Å². The lowest BCUT2D eigenvalue weighted by atomic mass is 10.1. The van der Waals surface area contributed by atoms with Crippen molar-refractivity contribution in [1.82, 2.24) is 9.80 Å². The van der Waals surface area contributed by atoms with Gasteiger partial charge in [0.05, 0.1) is 19.8 Å². The summed E-state index contributed by atoms with van der Waals surface area (Å²) < 4.78 is 12.7. The summed E-state index contributed by atoms with van der Waals surface area (Å²) in [6, 6.07) is 23.3. The molecule has 178 valence electrons. The fourth-order valence-electron chi connectivity index (χ4n) is 4.03. The number of piperazine rings is 1. The van der Waals surface area contributed by atoms with Crippen molar-refractivity contribution in [3.05, 3.63) is 99.0 Å². The van der Waals surface area contributed by atoms with Crippen molar-refractivity contribution in [3.63, 3.8) is 0 Å². The van der Waals surface area contributed by atoms with E-state index in [0.29, 0.717) is 24.7 Å². The van der Waals surface area contributed by atoms with Crippen LogP contribution in [0.25, 0.3) is 0 Å². The molecule has 0 saturated carbocycles. The Morgan fingerprint density at radius 3 is 2.38 bits per heavy atom. The average Bonchev–Trinajstić information content (AvgIpc) is 2.87. The Bertz CT molecular complexity index is 1080. The first-order chi connectivity index (χ1) is 16.5. The molecule has 1 aliphatic heterocycles. The molecule has 1 amide bonds. The molecule has 0 radical (unpaired) electrons. The van der Waals surface area contributed by atoms with Gasteiger partial charge in [0.25, 0.3) is 5.91 Å². The second kappa shape index (κ2) is 11.8. The number of hydrogen-bond donors (Lipinski definition) is 0. The molecule has 3 aromatic rings. The largest absolute Gasteiger partial charge is 0.497 e. The van der Waals surface area contributed by atoms with E-state index in [1.807, 2.05) is 77.7 Å². The fourth-order valence-corrected chi connectivity index (χ4v) is 4.42. The van der Waals surface area contributed by atoms with Gasteiger partial charge in [-0.15, -0.1) is 0 Å². The van der Waals surface area contributed by atoms with Gasteiger partial charge < -0.3 is 14.4 Å². The highest BCUT2D eigenvalue weighted by Crippen LogP contribution is 2.24. The lowest BCUT2D eigenvalue weighted by molar-refractivity contribution is 0.00337. The zero-order valence-corrected chi connectivity index (χ0v) is 21.5. The smallest absolute Gasteiger partial charge is 0.253 e. The molecule has 1 unspecified atom stereocenters. The van der Waals surface area contributed by atoms with Crippen molar-refractivity contribution in [3.8, 4) is 5.75 Å². The highest BCUT2D eigenvalue weighted by molar-refractivity contribution is 9.10. The summed E-state index contributed by atoms with van der Waals surface area (Å²) in [5.41, 5.74) is 2.86. The topological polar surface area (TPSA) is 42.0 Å². The molecule has 1 saturated heterocycles. The minimum absolute atomic E-state index is 0.0793. The van der Waals surface area contributed by atoms with Crippen LogP contribution in [0.2, 0.25) is 5.02 Å². The highest BCUT2D eigenvalue weighted by Gasteiger charge is 2.25. The Morgan fingerprint density at radius 1 is 1.00 bits per heavy atom. The van der Waals surface area contributed by atoms with Gasteiger partial charge in [0.1, 0.15) is 5.75 Å². The number of rotatable bonds is 8. The van der Waals surface area contributed by atoms with Crippen molar-refractivity contribution in [2.75, 3.05) is 39.8 Å². The number of carbonyl (C=O) groups excluding carboxylic acids is 1.